The Kier molecular flexibility index (Phi) is 4.15. The van der Waals surface area contributed by atoms with E-state index in [0.717, 1.165) is 37.2 Å². The van der Waals surface area contributed by atoms with E-state index in [1.54, 1.807) is 0 Å². The van der Waals surface area contributed by atoms with Crippen molar-refractivity contribution in [3.63, 3.8) is 0 Å². The van der Waals surface area contributed by atoms with Gasteiger partial charge in [-0.3, -0.25) is 10.1 Å². The lowest BCUT2D eigenvalue weighted by atomic mass is 9.91. The lowest BCUT2D eigenvalue weighted by Crippen LogP contribution is -2.47. The maximum atomic E-state index is 12.5. The Morgan fingerprint density at radius 3 is 2.81 bits per heavy atom. The van der Waals surface area contributed by atoms with Gasteiger partial charge in [0.2, 0.25) is 5.91 Å². The first kappa shape index (κ1) is 14.4. The zero-order valence-corrected chi connectivity index (χ0v) is 12.8. The van der Waals surface area contributed by atoms with Crippen molar-refractivity contribution in [3.8, 4) is 5.75 Å². The molecule has 0 aromatic heterocycles. The molecule has 0 spiro atoms. The number of hydrogen-bond acceptors (Lipinski definition) is 3. The highest BCUT2D eigenvalue weighted by atomic mass is 16.5. The normalized spacial score (nSPS) is 26.1. The van der Waals surface area contributed by atoms with E-state index < -0.39 is 0 Å². The van der Waals surface area contributed by atoms with Crippen LogP contribution in [0, 0.1) is 5.92 Å². The summed E-state index contributed by atoms with van der Waals surface area (Å²) in [6, 6.07) is 8.14. The molecule has 0 saturated carbocycles. The van der Waals surface area contributed by atoms with Gasteiger partial charge in [-0.1, -0.05) is 25.1 Å². The molecule has 3 rings (SSSR count). The van der Waals surface area contributed by atoms with Gasteiger partial charge in [0, 0.05) is 30.6 Å². The Hall–Kier alpha value is -1.55. The number of carbonyl (C=O) groups excluding carboxylic acids is 1. The molecular formula is C17H24N2O2. The Morgan fingerprint density at radius 2 is 2.05 bits per heavy atom. The lowest BCUT2D eigenvalue weighted by molar-refractivity contribution is -0.132. The summed E-state index contributed by atoms with van der Waals surface area (Å²) in [6.07, 6.45) is 2.27. The second-order valence-electron chi connectivity index (χ2n) is 6.22. The second-order valence-corrected chi connectivity index (χ2v) is 6.22. The topological polar surface area (TPSA) is 41.6 Å². The number of para-hydroxylation sites is 1. The number of rotatable bonds is 3. The van der Waals surface area contributed by atoms with Gasteiger partial charge in [0.05, 0.1) is 12.6 Å². The fourth-order valence-corrected chi connectivity index (χ4v) is 3.30. The molecule has 1 aromatic rings. The molecule has 21 heavy (non-hydrogen) atoms. The van der Waals surface area contributed by atoms with E-state index in [0.29, 0.717) is 12.5 Å². The standard InChI is InChI=1S/C17H24N2O2/c1-12-11-21-15-8-4-3-7-14(15)16(12)18-13(2)17(20)19-9-5-6-10-19/h3-4,7-8,12-13,16,18H,5-6,9-11H2,1-2H3. The van der Waals surface area contributed by atoms with Gasteiger partial charge in [0.1, 0.15) is 5.75 Å². The first-order chi connectivity index (χ1) is 10.2. The molecule has 4 heteroatoms. The molecule has 0 aliphatic carbocycles. The summed E-state index contributed by atoms with van der Waals surface area (Å²) < 4.78 is 5.77. The first-order valence-corrected chi connectivity index (χ1v) is 7.93. The summed E-state index contributed by atoms with van der Waals surface area (Å²) in [6.45, 7) is 6.65. The second kappa shape index (κ2) is 6.06. The van der Waals surface area contributed by atoms with Crippen LogP contribution in [0.3, 0.4) is 0 Å². The van der Waals surface area contributed by atoms with Gasteiger partial charge >= 0.3 is 0 Å². The van der Waals surface area contributed by atoms with E-state index in [2.05, 4.69) is 18.3 Å². The third-order valence-electron chi connectivity index (χ3n) is 4.54. The highest BCUT2D eigenvalue weighted by Crippen LogP contribution is 2.35. The van der Waals surface area contributed by atoms with Crippen LogP contribution in [-0.4, -0.2) is 36.5 Å². The van der Waals surface area contributed by atoms with Crippen molar-refractivity contribution in [1.82, 2.24) is 10.2 Å². The van der Waals surface area contributed by atoms with Gasteiger partial charge in [-0.05, 0) is 25.8 Å². The van der Waals surface area contributed by atoms with Crippen LogP contribution in [-0.2, 0) is 4.79 Å². The maximum absolute atomic E-state index is 12.5. The number of benzene rings is 1. The molecule has 114 valence electrons. The predicted octanol–water partition coefficient (Wildman–Crippen LogP) is 2.36. The SMILES string of the molecule is CC(NC1c2ccccc2OCC1C)C(=O)N1CCCC1. The number of carbonyl (C=O) groups is 1. The van der Waals surface area contributed by atoms with Crippen LogP contribution in [0.15, 0.2) is 24.3 Å². The fourth-order valence-electron chi connectivity index (χ4n) is 3.30. The molecule has 3 unspecified atom stereocenters. The summed E-state index contributed by atoms with van der Waals surface area (Å²) in [4.78, 5) is 14.4. The summed E-state index contributed by atoms with van der Waals surface area (Å²) >= 11 is 0. The van der Waals surface area contributed by atoms with Crippen LogP contribution in [0.2, 0.25) is 0 Å². The van der Waals surface area contributed by atoms with Gasteiger partial charge < -0.3 is 9.64 Å². The average Bonchev–Trinajstić information content (AvgIpc) is 3.03. The van der Waals surface area contributed by atoms with E-state index in [1.807, 2.05) is 30.0 Å². The number of ether oxygens (including phenoxy) is 1. The number of hydrogen-bond donors (Lipinski definition) is 1. The van der Waals surface area contributed by atoms with E-state index in [9.17, 15) is 4.79 Å². The average molecular weight is 288 g/mol. The molecular weight excluding hydrogens is 264 g/mol. The lowest BCUT2D eigenvalue weighted by Gasteiger charge is -2.34. The van der Waals surface area contributed by atoms with Crippen LogP contribution in [0.5, 0.6) is 5.75 Å². The largest absolute Gasteiger partial charge is 0.493 e. The molecule has 0 bridgehead atoms. The van der Waals surface area contributed by atoms with Crippen LogP contribution in [0.25, 0.3) is 0 Å². The quantitative estimate of drug-likeness (QED) is 0.928. The van der Waals surface area contributed by atoms with Crippen LogP contribution >= 0.6 is 0 Å². The minimum atomic E-state index is -0.151. The zero-order chi connectivity index (χ0) is 14.8. The van der Waals surface area contributed by atoms with Crippen molar-refractivity contribution in [2.24, 2.45) is 5.92 Å². The zero-order valence-electron chi connectivity index (χ0n) is 12.8. The summed E-state index contributed by atoms with van der Waals surface area (Å²) in [5.74, 6) is 1.52. The molecule has 1 N–H and O–H groups in total. The smallest absolute Gasteiger partial charge is 0.239 e. The van der Waals surface area contributed by atoms with Crippen molar-refractivity contribution in [2.45, 2.75) is 38.8 Å². The molecule has 1 fully saturated rings. The minimum absolute atomic E-state index is 0.151. The Balaban J connectivity index is 1.72. The van der Waals surface area contributed by atoms with Crippen molar-refractivity contribution in [3.05, 3.63) is 29.8 Å². The third-order valence-corrected chi connectivity index (χ3v) is 4.54. The Morgan fingerprint density at radius 1 is 1.33 bits per heavy atom. The van der Waals surface area contributed by atoms with Crippen LogP contribution in [0.1, 0.15) is 38.3 Å². The molecule has 1 saturated heterocycles. The molecule has 3 atom stereocenters. The molecule has 2 aliphatic rings. The summed E-state index contributed by atoms with van der Waals surface area (Å²) in [5, 5.41) is 3.53. The number of amides is 1. The molecule has 2 aliphatic heterocycles. The third kappa shape index (κ3) is 2.91. The van der Waals surface area contributed by atoms with Gasteiger partial charge in [-0.2, -0.15) is 0 Å². The molecule has 2 heterocycles. The highest BCUT2D eigenvalue weighted by Gasteiger charge is 2.31. The fraction of sp³-hybridized carbons (Fsp3) is 0.588. The number of likely N-dealkylation sites (tertiary alicyclic amines) is 1. The van der Waals surface area contributed by atoms with Gasteiger partial charge in [-0.15, -0.1) is 0 Å². The van der Waals surface area contributed by atoms with E-state index >= 15 is 0 Å². The number of fused-ring (bicyclic) bond motifs is 1. The first-order valence-electron chi connectivity index (χ1n) is 7.93. The van der Waals surface area contributed by atoms with Gasteiger partial charge in [0.25, 0.3) is 0 Å². The predicted molar refractivity (Wildman–Crippen MR) is 82.3 cm³/mol. The van der Waals surface area contributed by atoms with Crippen molar-refractivity contribution < 1.29 is 9.53 Å². The van der Waals surface area contributed by atoms with Gasteiger partial charge in [0.15, 0.2) is 0 Å². The van der Waals surface area contributed by atoms with Crippen molar-refractivity contribution >= 4 is 5.91 Å². The van der Waals surface area contributed by atoms with Crippen LogP contribution in [0.4, 0.5) is 0 Å². The van der Waals surface area contributed by atoms with E-state index in [-0.39, 0.29) is 18.0 Å². The number of nitrogens with one attached hydrogen (secondary N) is 1. The summed E-state index contributed by atoms with van der Waals surface area (Å²) in [5.41, 5.74) is 1.16. The van der Waals surface area contributed by atoms with Crippen molar-refractivity contribution in [1.29, 1.82) is 0 Å². The monoisotopic (exact) mass is 288 g/mol. The van der Waals surface area contributed by atoms with Crippen molar-refractivity contribution in [2.75, 3.05) is 19.7 Å². The van der Waals surface area contributed by atoms with E-state index in [1.165, 1.54) is 0 Å². The molecule has 4 nitrogen and oxygen atoms in total. The summed E-state index contributed by atoms with van der Waals surface area (Å²) in [7, 11) is 0. The Bertz CT molecular complexity index is 511. The highest BCUT2D eigenvalue weighted by molar-refractivity contribution is 5.81. The van der Waals surface area contributed by atoms with Gasteiger partial charge in [-0.25, -0.2) is 0 Å². The molecule has 1 amide bonds. The molecule has 1 aromatic carbocycles. The van der Waals surface area contributed by atoms with Crippen LogP contribution < -0.4 is 10.1 Å². The number of nitrogens with zero attached hydrogens (tertiary/aromatic N) is 1. The minimum Gasteiger partial charge on any atom is -0.493 e. The maximum Gasteiger partial charge on any atom is 0.239 e. The molecule has 0 radical (unpaired) electrons. The van der Waals surface area contributed by atoms with E-state index in [4.69, 9.17) is 4.74 Å². The Labute approximate surface area is 126 Å².